The van der Waals surface area contributed by atoms with E-state index in [1.165, 1.54) is 11.3 Å². The third-order valence-corrected chi connectivity index (χ3v) is 5.29. The number of aryl methyl sites for hydroxylation is 2. The van der Waals surface area contributed by atoms with Gasteiger partial charge in [-0.1, -0.05) is 0 Å². The molecule has 4 aromatic heterocycles. The molecule has 132 valence electrons. The summed E-state index contributed by atoms with van der Waals surface area (Å²) < 4.78 is 6.94. The molecule has 0 saturated carbocycles. The minimum absolute atomic E-state index is 0.00335. The molecule has 4 heterocycles. The third-order valence-electron chi connectivity index (χ3n) is 3.67. The molecule has 0 aliphatic heterocycles. The number of ether oxygens (including phenoxy) is 1. The highest BCUT2D eigenvalue weighted by molar-refractivity contribution is 7.14. The monoisotopic (exact) mass is 385 g/mol. The Bertz CT molecular complexity index is 1070. The van der Waals surface area contributed by atoms with Gasteiger partial charge < -0.3 is 4.74 Å². The molecule has 0 atom stereocenters. The van der Waals surface area contributed by atoms with Crippen LogP contribution in [0.2, 0.25) is 0 Å². The summed E-state index contributed by atoms with van der Waals surface area (Å²) in [7, 11) is 0. The van der Waals surface area contributed by atoms with E-state index in [9.17, 15) is 4.79 Å². The highest BCUT2D eigenvalue weighted by Gasteiger charge is 2.14. The van der Waals surface area contributed by atoms with Crippen molar-refractivity contribution in [2.75, 3.05) is 0 Å². The van der Waals surface area contributed by atoms with Gasteiger partial charge in [0.2, 0.25) is 0 Å². The summed E-state index contributed by atoms with van der Waals surface area (Å²) in [6.45, 7) is 3.96. The Morgan fingerprint density at radius 3 is 2.92 bits per heavy atom. The zero-order valence-electron chi connectivity index (χ0n) is 14.2. The van der Waals surface area contributed by atoms with Crippen molar-refractivity contribution in [1.82, 2.24) is 24.6 Å². The fourth-order valence-electron chi connectivity index (χ4n) is 2.51. The van der Waals surface area contributed by atoms with Crippen LogP contribution in [0.25, 0.3) is 16.3 Å². The second kappa shape index (κ2) is 6.93. The van der Waals surface area contributed by atoms with E-state index in [-0.39, 0.29) is 19.0 Å². The zero-order chi connectivity index (χ0) is 18.1. The molecule has 0 radical (unpaired) electrons. The Hall–Kier alpha value is -2.65. The number of hydrogen-bond donors (Lipinski definition) is 0. The minimum atomic E-state index is -0.389. The lowest BCUT2D eigenvalue weighted by atomic mass is 10.3. The molecule has 0 aromatic carbocycles. The summed E-state index contributed by atoms with van der Waals surface area (Å²) in [5, 5.41) is 11.2. The van der Waals surface area contributed by atoms with Crippen molar-refractivity contribution in [1.29, 1.82) is 0 Å². The van der Waals surface area contributed by atoms with Gasteiger partial charge >= 0.3 is 5.97 Å². The number of thiazole rings is 1. The number of hydrogen-bond acceptors (Lipinski definition) is 8. The van der Waals surface area contributed by atoms with Crippen molar-refractivity contribution < 1.29 is 9.53 Å². The second-order valence-electron chi connectivity index (χ2n) is 5.77. The van der Waals surface area contributed by atoms with Crippen LogP contribution in [0.3, 0.4) is 0 Å². The minimum Gasteiger partial charge on any atom is -0.459 e. The quantitative estimate of drug-likeness (QED) is 0.491. The van der Waals surface area contributed by atoms with E-state index in [4.69, 9.17) is 4.74 Å². The van der Waals surface area contributed by atoms with E-state index in [0.29, 0.717) is 11.6 Å². The fourth-order valence-corrected chi connectivity index (χ4v) is 4.03. The highest BCUT2D eigenvalue weighted by atomic mass is 32.1. The van der Waals surface area contributed by atoms with Crippen molar-refractivity contribution in [3.8, 4) is 10.6 Å². The van der Waals surface area contributed by atoms with Gasteiger partial charge in [0.05, 0.1) is 5.69 Å². The summed E-state index contributed by atoms with van der Waals surface area (Å²) >= 11 is 3.16. The van der Waals surface area contributed by atoms with Crippen molar-refractivity contribution in [3.05, 3.63) is 51.2 Å². The van der Waals surface area contributed by atoms with Gasteiger partial charge in [0.25, 0.3) is 5.78 Å². The number of carbonyl (C=O) groups excluding carboxylic acids is 1. The van der Waals surface area contributed by atoms with E-state index in [0.717, 1.165) is 27.7 Å². The Morgan fingerprint density at radius 2 is 2.12 bits per heavy atom. The Balaban J connectivity index is 1.39. The number of nitrogens with zero attached hydrogens (tertiary/aromatic N) is 5. The van der Waals surface area contributed by atoms with Gasteiger partial charge in [-0.05, 0) is 31.4 Å². The van der Waals surface area contributed by atoms with E-state index < -0.39 is 0 Å². The van der Waals surface area contributed by atoms with Gasteiger partial charge in [0.1, 0.15) is 18.0 Å². The average molecular weight is 385 g/mol. The summed E-state index contributed by atoms with van der Waals surface area (Å²) in [5.74, 6) is 0.499. The molecule has 4 rings (SSSR count). The molecular formula is C17H15N5O2S2. The third kappa shape index (κ3) is 3.49. The van der Waals surface area contributed by atoms with E-state index >= 15 is 0 Å². The molecule has 0 aliphatic rings. The van der Waals surface area contributed by atoms with Gasteiger partial charge in [0.15, 0.2) is 5.82 Å². The molecule has 0 amide bonds. The summed E-state index contributed by atoms with van der Waals surface area (Å²) in [6.07, 6.45) is 0.00335. The molecule has 0 bridgehead atoms. The maximum Gasteiger partial charge on any atom is 0.313 e. The first kappa shape index (κ1) is 16.8. The van der Waals surface area contributed by atoms with Crippen LogP contribution in [-0.2, 0) is 22.6 Å². The van der Waals surface area contributed by atoms with Gasteiger partial charge in [-0.2, -0.15) is 16.3 Å². The van der Waals surface area contributed by atoms with Crippen LogP contribution in [-0.4, -0.2) is 30.5 Å². The lowest BCUT2D eigenvalue weighted by molar-refractivity contribution is -0.144. The molecule has 7 nitrogen and oxygen atoms in total. The second-order valence-corrected chi connectivity index (χ2v) is 7.41. The maximum absolute atomic E-state index is 12.1. The number of carbonyl (C=O) groups is 1. The molecule has 0 unspecified atom stereocenters. The van der Waals surface area contributed by atoms with Crippen LogP contribution in [0.15, 0.2) is 28.3 Å². The molecule has 0 N–H and O–H groups in total. The first-order chi connectivity index (χ1) is 12.6. The molecular weight excluding hydrogens is 370 g/mol. The fraction of sp³-hybridized carbons (Fsp3) is 0.235. The van der Waals surface area contributed by atoms with Crippen molar-refractivity contribution >= 4 is 34.4 Å². The standard InChI is InChI=1S/C17H15N5O2S2/c1-10-5-11(2)22-17(18-10)20-14(21-22)6-15(23)24-7-13-9-26-16(19-13)12-3-4-25-8-12/h3-5,8-9H,6-7H2,1-2H3. The van der Waals surface area contributed by atoms with Crippen LogP contribution in [0.1, 0.15) is 22.9 Å². The van der Waals surface area contributed by atoms with Crippen LogP contribution in [0, 0.1) is 13.8 Å². The van der Waals surface area contributed by atoms with E-state index in [2.05, 4.69) is 20.1 Å². The first-order valence-electron chi connectivity index (χ1n) is 7.91. The molecule has 9 heteroatoms. The van der Waals surface area contributed by atoms with Crippen LogP contribution < -0.4 is 0 Å². The Kier molecular flexibility index (Phi) is 4.48. The predicted molar refractivity (Wildman–Crippen MR) is 99.2 cm³/mol. The van der Waals surface area contributed by atoms with Crippen molar-refractivity contribution in [2.45, 2.75) is 26.9 Å². The van der Waals surface area contributed by atoms with Crippen molar-refractivity contribution in [3.63, 3.8) is 0 Å². The summed E-state index contributed by atoms with van der Waals surface area (Å²) in [5.41, 5.74) is 3.61. The lowest BCUT2D eigenvalue weighted by Crippen LogP contribution is -2.09. The Labute approximate surface area is 157 Å². The van der Waals surface area contributed by atoms with Gasteiger partial charge in [-0.3, -0.25) is 4.79 Å². The van der Waals surface area contributed by atoms with E-state index in [1.54, 1.807) is 15.9 Å². The molecule has 0 saturated heterocycles. The van der Waals surface area contributed by atoms with Crippen LogP contribution >= 0.6 is 22.7 Å². The summed E-state index contributed by atoms with van der Waals surface area (Å²) in [4.78, 5) is 25.2. The predicted octanol–water partition coefficient (Wildman–Crippen LogP) is 3.21. The van der Waals surface area contributed by atoms with Gasteiger partial charge in [-0.15, -0.1) is 16.4 Å². The molecule has 4 aromatic rings. The smallest absolute Gasteiger partial charge is 0.313 e. The average Bonchev–Trinajstić information content (AvgIpc) is 3.32. The largest absolute Gasteiger partial charge is 0.459 e. The van der Waals surface area contributed by atoms with Gasteiger partial charge in [-0.25, -0.2) is 14.5 Å². The number of thiophene rings is 1. The number of aromatic nitrogens is 5. The first-order valence-corrected chi connectivity index (χ1v) is 9.73. The summed E-state index contributed by atoms with van der Waals surface area (Å²) in [6, 6.07) is 3.93. The maximum atomic E-state index is 12.1. The molecule has 26 heavy (non-hydrogen) atoms. The number of fused-ring (bicyclic) bond motifs is 1. The highest BCUT2D eigenvalue weighted by Crippen LogP contribution is 2.25. The molecule has 0 fully saturated rings. The molecule has 0 aliphatic carbocycles. The van der Waals surface area contributed by atoms with Crippen LogP contribution in [0.4, 0.5) is 0 Å². The van der Waals surface area contributed by atoms with Crippen molar-refractivity contribution in [2.24, 2.45) is 0 Å². The van der Waals surface area contributed by atoms with Crippen LogP contribution in [0.5, 0.6) is 0 Å². The molecule has 0 spiro atoms. The normalized spacial score (nSPS) is 11.2. The lowest BCUT2D eigenvalue weighted by Gasteiger charge is -2.00. The SMILES string of the molecule is Cc1cc(C)n2nc(CC(=O)OCc3csc(-c4ccsc4)n3)nc2n1. The number of esters is 1. The number of rotatable bonds is 5. The topological polar surface area (TPSA) is 82.3 Å². The van der Waals surface area contributed by atoms with E-state index in [1.807, 2.05) is 42.1 Å². The van der Waals surface area contributed by atoms with Gasteiger partial charge in [0, 0.05) is 27.7 Å². The Morgan fingerprint density at radius 1 is 1.23 bits per heavy atom. The zero-order valence-corrected chi connectivity index (χ0v) is 15.8.